The van der Waals surface area contributed by atoms with E-state index in [4.69, 9.17) is 6.42 Å². The summed E-state index contributed by atoms with van der Waals surface area (Å²) < 4.78 is 0. The number of rotatable bonds is 2. The van der Waals surface area contributed by atoms with Crippen LogP contribution < -0.4 is 0 Å². The van der Waals surface area contributed by atoms with Crippen LogP contribution in [0.5, 0.6) is 0 Å². The fraction of sp³-hybridized carbons (Fsp3) is 0.385. The molecular weight excluding hydrogens is 156 g/mol. The summed E-state index contributed by atoms with van der Waals surface area (Å²) in [6.45, 7) is 2.18. The van der Waals surface area contributed by atoms with E-state index in [9.17, 15) is 0 Å². The van der Waals surface area contributed by atoms with Crippen molar-refractivity contribution in [3.63, 3.8) is 0 Å². The van der Waals surface area contributed by atoms with Crippen molar-refractivity contribution < 1.29 is 0 Å². The highest BCUT2D eigenvalue weighted by Crippen LogP contribution is 2.47. The maximum atomic E-state index is 5.54. The van der Waals surface area contributed by atoms with Gasteiger partial charge in [0.15, 0.2) is 0 Å². The van der Waals surface area contributed by atoms with Crippen molar-refractivity contribution in [3.05, 3.63) is 35.4 Å². The average Bonchev–Trinajstić information content (AvgIpc) is 2.99. The van der Waals surface area contributed by atoms with Gasteiger partial charge in [0, 0.05) is 0 Å². The molecule has 1 aromatic carbocycles. The summed E-state index contributed by atoms with van der Waals surface area (Å²) in [5, 5.41) is 0. The average molecular weight is 170 g/mol. The highest BCUT2D eigenvalue weighted by molar-refractivity contribution is 5.42. The van der Waals surface area contributed by atoms with Crippen molar-refractivity contribution in [2.45, 2.75) is 31.6 Å². The third-order valence-electron chi connectivity index (χ3n) is 2.91. The molecule has 66 valence electrons. The minimum Gasteiger partial charge on any atom is -0.119 e. The van der Waals surface area contributed by atoms with Gasteiger partial charge in [-0.2, -0.15) is 0 Å². The zero-order chi connectivity index (χ0) is 9.31. The van der Waals surface area contributed by atoms with Gasteiger partial charge in [0.1, 0.15) is 0 Å². The number of benzene rings is 1. The first-order valence-corrected chi connectivity index (χ1v) is 4.88. The molecule has 0 aromatic heterocycles. The molecule has 0 spiro atoms. The quantitative estimate of drug-likeness (QED) is 0.599. The van der Waals surface area contributed by atoms with Crippen LogP contribution in [0.4, 0.5) is 0 Å². The van der Waals surface area contributed by atoms with Gasteiger partial charge in [0.2, 0.25) is 0 Å². The summed E-state index contributed by atoms with van der Waals surface area (Å²) in [7, 11) is 0. The SMILES string of the molecule is C#CC1(c2cccc(CC)c2)CC1. The smallest absolute Gasteiger partial charge is 0.0561 e. The standard InChI is InChI=1S/C13H14/c1-3-11-6-5-7-12(10-11)13(4-2)8-9-13/h2,5-7,10H,3,8-9H2,1H3. The predicted octanol–water partition coefficient (Wildman–Crippen LogP) is 2.91. The minimum atomic E-state index is 0.102. The fourth-order valence-electron chi connectivity index (χ4n) is 1.73. The molecule has 1 saturated carbocycles. The van der Waals surface area contributed by atoms with Gasteiger partial charge >= 0.3 is 0 Å². The molecule has 1 aliphatic carbocycles. The van der Waals surface area contributed by atoms with Gasteiger partial charge in [-0.25, -0.2) is 0 Å². The second-order valence-electron chi connectivity index (χ2n) is 3.78. The molecule has 1 aromatic rings. The van der Waals surface area contributed by atoms with Crippen LogP contribution in [-0.2, 0) is 11.8 Å². The number of terminal acetylenes is 1. The van der Waals surface area contributed by atoms with E-state index in [0.29, 0.717) is 0 Å². The molecule has 1 aliphatic rings. The summed E-state index contributed by atoms with van der Waals surface area (Å²) in [4.78, 5) is 0. The highest BCUT2D eigenvalue weighted by Gasteiger charge is 2.42. The van der Waals surface area contributed by atoms with Gasteiger partial charge in [-0.05, 0) is 30.4 Å². The molecule has 1 fully saturated rings. The molecule has 0 heterocycles. The Hall–Kier alpha value is -1.22. The normalized spacial score (nSPS) is 17.8. The summed E-state index contributed by atoms with van der Waals surface area (Å²) in [5.74, 6) is 2.92. The number of hydrogen-bond acceptors (Lipinski definition) is 0. The van der Waals surface area contributed by atoms with Gasteiger partial charge in [-0.15, -0.1) is 6.42 Å². The lowest BCUT2D eigenvalue weighted by Gasteiger charge is -2.08. The van der Waals surface area contributed by atoms with E-state index in [1.165, 1.54) is 11.1 Å². The van der Waals surface area contributed by atoms with Crippen molar-refractivity contribution in [2.75, 3.05) is 0 Å². The Morgan fingerprint density at radius 3 is 2.77 bits per heavy atom. The van der Waals surface area contributed by atoms with Crippen molar-refractivity contribution in [3.8, 4) is 12.3 Å². The van der Waals surface area contributed by atoms with Gasteiger partial charge in [0.05, 0.1) is 5.41 Å². The van der Waals surface area contributed by atoms with E-state index in [1.807, 2.05) is 0 Å². The topological polar surface area (TPSA) is 0 Å². The lowest BCUT2D eigenvalue weighted by molar-refractivity contribution is 0.923. The highest BCUT2D eigenvalue weighted by atomic mass is 14.4. The van der Waals surface area contributed by atoms with E-state index in [2.05, 4.69) is 37.1 Å². The molecule has 0 aliphatic heterocycles. The van der Waals surface area contributed by atoms with Gasteiger partial charge in [0.25, 0.3) is 0 Å². The predicted molar refractivity (Wildman–Crippen MR) is 55.6 cm³/mol. The second kappa shape index (κ2) is 2.92. The monoisotopic (exact) mass is 170 g/mol. The van der Waals surface area contributed by atoms with Crippen molar-refractivity contribution in [2.24, 2.45) is 0 Å². The molecular formula is C13H14. The molecule has 0 bridgehead atoms. The Bertz CT molecular complexity index is 351. The maximum absolute atomic E-state index is 5.54. The van der Waals surface area contributed by atoms with E-state index >= 15 is 0 Å². The zero-order valence-corrected chi connectivity index (χ0v) is 8.01. The molecule has 0 heteroatoms. The number of aryl methyl sites for hydroxylation is 1. The zero-order valence-electron chi connectivity index (χ0n) is 8.01. The Morgan fingerprint density at radius 2 is 2.23 bits per heavy atom. The summed E-state index contributed by atoms with van der Waals surface area (Å²) in [6.07, 6.45) is 8.96. The molecule has 0 N–H and O–H groups in total. The molecule has 2 rings (SSSR count). The summed E-state index contributed by atoms with van der Waals surface area (Å²) in [6, 6.07) is 8.69. The van der Waals surface area contributed by atoms with E-state index in [-0.39, 0.29) is 5.41 Å². The van der Waals surface area contributed by atoms with Gasteiger partial charge in [-0.1, -0.05) is 37.1 Å². The van der Waals surface area contributed by atoms with E-state index in [1.54, 1.807) is 0 Å². The minimum absolute atomic E-state index is 0.102. The van der Waals surface area contributed by atoms with E-state index < -0.39 is 0 Å². The Labute approximate surface area is 80.0 Å². The van der Waals surface area contributed by atoms with Gasteiger partial charge < -0.3 is 0 Å². The number of hydrogen-bond donors (Lipinski definition) is 0. The van der Waals surface area contributed by atoms with Crippen LogP contribution in [0.25, 0.3) is 0 Å². The molecule has 0 saturated heterocycles. The van der Waals surface area contributed by atoms with Crippen LogP contribution in [0.15, 0.2) is 24.3 Å². The molecule has 0 radical (unpaired) electrons. The molecule has 0 amide bonds. The first kappa shape index (κ1) is 8.38. The van der Waals surface area contributed by atoms with Crippen LogP contribution >= 0.6 is 0 Å². The van der Waals surface area contributed by atoms with E-state index in [0.717, 1.165) is 19.3 Å². The van der Waals surface area contributed by atoms with Crippen LogP contribution in [0.3, 0.4) is 0 Å². The second-order valence-corrected chi connectivity index (χ2v) is 3.78. The van der Waals surface area contributed by atoms with Crippen LogP contribution in [0.2, 0.25) is 0 Å². The first-order valence-electron chi connectivity index (χ1n) is 4.88. The molecule has 13 heavy (non-hydrogen) atoms. The summed E-state index contributed by atoms with van der Waals surface area (Å²) in [5.41, 5.74) is 2.83. The van der Waals surface area contributed by atoms with Crippen molar-refractivity contribution in [1.82, 2.24) is 0 Å². The summed E-state index contributed by atoms with van der Waals surface area (Å²) >= 11 is 0. The third-order valence-corrected chi connectivity index (χ3v) is 2.91. The molecule has 0 unspecified atom stereocenters. The van der Waals surface area contributed by atoms with Crippen LogP contribution in [0, 0.1) is 12.3 Å². The Kier molecular flexibility index (Phi) is 1.88. The fourth-order valence-corrected chi connectivity index (χ4v) is 1.73. The van der Waals surface area contributed by atoms with Crippen molar-refractivity contribution in [1.29, 1.82) is 0 Å². The first-order chi connectivity index (χ1) is 6.30. The lowest BCUT2D eigenvalue weighted by atomic mass is 9.95. The van der Waals surface area contributed by atoms with Gasteiger partial charge in [-0.3, -0.25) is 0 Å². The third kappa shape index (κ3) is 1.35. The largest absolute Gasteiger partial charge is 0.119 e. The Morgan fingerprint density at radius 1 is 1.46 bits per heavy atom. The lowest BCUT2D eigenvalue weighted by Crippen LogP contribution is -2.02. The van der Waals surface area contributed by atoms with Crippen LogP contribution in [0.1, 0.15) is 30.9 Å². The molecule has 0 nitrogen and oxygen atoms in total. The molecule has 0 atom stereocenters. The van der Waals surface area contributed by atoms with Crippen LogP contribution in [-0.4, -0.2) is 0 Å². The maximum Gasteiger partial charge on any atom is 0.0561 e. The Balaban J connectivity index is 2.37. The van der Waals surface area contributed by atoms with Crippen molar-refractivity contribution >= 4 is 0 Å².